The van der Waals surface area contributed by atoms with E-state index in [-0.39, 0.29) is 5.41 Å². The SMILES string of the molecule is Fc1cccc(CC2(CNC3CC3)CCCC2)c1F. The van der Waals surface area contributed by atoms with Crippen LogP contribution in [0.3, 0.4) is 0 Å². The van der Waals surface area contributed by atoms with Crippen molar-refractivity contribution in [3.63, 3.8) is 0 Å². The molecule has 0 radical (unpaired) electrons. The summed E-state index contributed by atoms with van der Waals surface area (Å²) in [6, 6.07) is 5.22. The van der Waals surface area contributed by atoms with Gasteiger partial charge < -0.3 is 5.32 Å². The molecule has 19 heavy (non-hydrogen) atoms. The second kappa shape index (κ2) is 5.20. The summed E-state index contributed by atoms with van der Waals surface area (Å²) >= 11 is 0. The molecule has 1 aromatic rings. The fraction of sp³-hybridized carbons (Fsp3) is 0.625. The number of benzene rings is 1. The van der Waals surface area contributed by atoms with Crippen LogP contribution < -0.4 is 5.32 Å². The highest BCUT2D eigenvalue weighted by Gasteiger charge is 2.36. The minimum atomic E-state index is -0.721. The van der Waals surface area contributed by atoms with Crippen LogP contribution in [-0.4, -0.2) is 12.6 Å². The monoisotopic (exact) mass is 265 g/mol. The van der Waals surface area contributed by atoms with Crippen LogP contribution in [0.15, 0.2) is 18.2 Å². The Bertz CT molecular complexity index is 448. The first kappa shape index (κ1) is 13.0. The highest BCUT2D eigenvalue weighted by Crippen LogP contribution is 2.41. The second-order valence-corrected chi connectivity index (χ2v) is 6.25. The van der Waals surface area contributed by atoms with Gasteiger partial charge in [0, 0.05) is 12.6 Å². The van der Waals surface area contributed by atoms with Crippen molar-refractivity contribution in [1.29, 1.82) is 0 Å². The topological polar surface area (TPSA) is 12.0 Å². The number of hydrogen-bond acceptors (Lipinski definition) is 1. The minimum Gasteiger partial charge on any atom is -0.313 e. The first-order chi connectivity index (χ1) is 9.19. The molecule has 3 rings (SSSR count). The van der Waals surface area contributed by atoms with Gasteiger partial charge in [0.15, 0.2) is 11.6 Å². The molecular formula is C16H21F2N. The minimum absolute atomic E-state index is 0.136. The lowest BCUT2D eigenvalue weighted by atomic mass is 9.79. The maximum absolute atomic E-state index is 13.8. The molecule has 0 bridgehead atoms. The van der Waals surface area contributed by atoms with Crippen LogP contribution in [0.5, 0.6) is 0 Å². The highest BCUT2D eigenvalue weighted by molar-refractivity contribution is 5.21. The van der Waals surface area contributed by atoms with E-state index in [4.69, 9.17) is 0 Å². The predicted molar refractivity (Wildman–Crippen MR) is 72.0 cm³/mol. The summed E-state index contributed by atoms with van der Waals surface area (Å²) in [7, 11) is 0. The number of nitrogens with one attached hydrogen (secondary N) is 1. The van der Waals surface area contributed by atoms with Gasteiger partial charge >= 0.3 is 0 Å². The average Bonchev–Trinajstić information content (AvgIpc) is 3.13. The van der Waals surface area contributed by atoms with Gasteiger partial charge in [-0.1, -0.05) is 25.0 Å². The molecule has 3 heteroatoms. The van der Waals surface area contributed by atoms with Crippen LogP contribution >= 0.6 is 0 Å². The first-order valence-corrected chi connectivity index (χ1v) is 7.35. The highest BCUT2D eigenvalue weighted by atomic mass is 19.2. The Morgan fingerprint density at radius 1 is 1.16 bits per heavy atom. The molecule has 2 aliphatic carbocycles. The summed E-state index contributed by atoms with van der Waals surface area (Å²) < 4.78 is 27.2. The lowest BCUT2D eigenvalue weighted by molar-refractivity contribution is 0.272. The van der Waals surface area contributed by atoms with E-state index in [1.54, 1.807) is 12.1 Å². The molecular weight excluding hydrogens is 244 g/mol. The Labute approximate surface area is 113 Å². The molecule has 0 amide bonds. The zero-order chi connectivity index (χ0) is 13.3. The summed E-state index contributed by atoms with van der Waals surface area (Å²) in [5.74, 6) is -1.37. The van der Waals surface area contributed by atoms with Crippen molar-refractivity contribution in [2.24, 2.45) is 5.41 Å². The largest absolute Gasteiger partial charge is 0.313 e. The molecule has 0 heterocycles. The molecule has 0 atom stereocenters. The van der Waals surface area contributed by atoms with E-state index in [0.29, 0.717) is 18.0 Å². The van der Waals surface area contributed by atoms with Crippen molar-refractivity contribution in [3.8, 4) is 0 Å². The maximum Gasteiger partial charge on any atom is 0.162 e. The van der Waals surface area contributed by atoms with Crippen LogP contribution in [0.4, 0.5) is 8.78 Å². The van der Waals surface area contributed by atoms with Crippen molar-refractivity contribution in [2.75, 3.05) is 6.54 Å². The van der Waals surface area contributed by atoms with Crippen LogP contribution in [0.25, 0.3) is 0 Å². The fourth-order valence-corrected chi connectivity index (χ4v) is 3.28. The Morgan fingerprint density at radius 2 is 1.89 bits per heavy atom. The smallest absolute Gasteiger partial charge is 0.162 e. The van der Waals surface area contributed by atoms with E-state index < -0.39 is 11.6 Å². The molecule has 2 aliphatic rings. The third-order valence-electron chi connectivity index (χ3n) is 4.60. The number of hydrogen-bond donors (Lipinski definition) is 1. The van der Waals surface area contributed by atoms with Crippen molar-refractivity contribution >= 4 is 0 Å². The van der Waals surface area contributed by atoms with Gasteiger partial charge in [0.05, 0.1) is 0 Å². The molecule has 0 saturated heterocycles. The second-order valence-electron chi connectivity index (χ2n) is 6.25. The summed E-state index contributed by atoms with van der Waals surface area (Å²) in [4.78, 5) is 0. The Kier molecular flexibility index (Phi) is 3.57. The molecule has 0 aliphatic heterocycles. The standard InChI is InChI=1S/C16H21F2N/c17-14-5-3-4-12(15(14)18)10-16(8-1-2-9-16)11-19-13-6-7-13/h3-5,13,19H,1-2,6-11H2. The molecule has 104 valence electrons. The normalized spacial score (nSPS) is 21.8. The zero-order valence-corrected chi connectivity index (χ0v) is 11.2. The van der Waals surface area contributed by atoms with Crippen LogP contribution in [0, 0.1) is 17.0 Å². The summed E-state index contributed by atoms with van der Waals surface area (Å²) in [5, 5.41) is 3.58. The van der Waals surface area contributed by atoms with Crippen LogP contribution in [-0.2, 0) is 6.42 Å². The molecule has 0 unspecified atom stereocenters. The number of rotatable bonds is 5. The summed E-state index contributed by atoms with van der Waals surface area (Å²) in [6.07, 6.45) is 7.88. The van der Waals surface area contributed by atoms with Crippen LogP contribution in [0.2, 0.25) is 0 Å². The van der Waals surface area contributed by atoms with Gasteiger partial charge in [-0.3, -0.25) is 0 Å². The van der Waals surface area contributed by atoms with Gasteiger partial charge in [-0.05, 0) is 49.1 Å². The lowest BCUT2D eigenvalue weighted by Crippen LogP contribution is -2.35. The van der Waals surface area contributed by atoms with Crippen molar-refractivity contribution < 1.29 is 8.78 Å². The quantitative estimate of drug-likeness (QED) is 0.853. The molecule has 1 nitrogen and oxygen atoms in total. The number of halogens is 2. The van der Waals surface area contributed by atoms with E-state index in [0.717, 1.165) is 19.4 Å². The van der Waals surface area contributed by atoms with Crippen molar-refractivity contribution in [1.82, 2.24) is 5.32 Å². The van der Waals surface area contributed by atoms with Gasteiger partial charge in [0.25, 0.3) is 0 Å². The first-order valence-electron chi connectivity index (χ1n) is 7.35. The predicted octanol–water partition coefficient (Wildman–Crippen LogP) is 3.82. The molecule has 2 fully saturated rings. The molecule has 1 N–H and O–H groups in total. The third-order valence-corrected chi connectivity index (χ3v) is 4.60. The lowest BCUT2D eigenvalue weighted by Gasteiger charge is -2.30. The fourth-order valence-electron chi connectivity index (χ4n) is 3.28. The van der Waals surface area contributed by atoms with E-state index >= 15 is 0 Å². The summed E-state index contributed by atoms with van der Waals surface area (Å²) in [5.41, 5.74) is 0.677. The van der Waals surface area contributed by atoms with Gasteiger partial charge in [-0.2, -0.15) is 0 Å². The van der Waals surface area contributed by atoms with Gasteiger partial charge in [-0.25, -0.2) is 8.78 Å². The molecule has 1 aromatic carbocycles. The third kappa shape index (κ3) is 2.97. The van der Waals surface area contributed by atoms with Crippen molar-refractivity contribution in [2.45, 2.75) is 51.0 Å². The van der Waals surface area contributed by atoms with E-state index in [1.165, 1.54) is 31.7 Å². The van der Waals surface area contributed by atoms with Gasteiger partial charge in [0.1, 0.15) is 0 Å². The Hall–Kier alpha value is -0.960. The Morgan fingerprint density at radius 3 is 2.58 bits per heavy atom. The molecule has 0 aromatic heterocycles. The maximum atomic E-state index is 13.8. The summed E-state index contributed by atoms with van der Waals surface area (Å²) in [6.45, 7) is 0.952. The van der Waals surface area contributed by atoms with Crippen molar-refractivity contribution in [3.05, 3.63) is 35.4 Å². The Balaban J connectivity index is 1.74. The van der Waals surface area contributed by atoms with E-state index in [9.17, 15) is 8.78 Å². The van der Waals surface area contributed by atoms with Gasteiger partial charge in [-0.15, -0.1) is 0 Å². The molecule has 0 spiro atoms. The average molecular weight is 265 g/mol. The van der Waals surface area contributed by atoms with E-state index in [1.807, 2.05) is 0 Å². The zero-order valence-electron chi connectivity index (χ0n) is 11.2. The van der Waals surface area contributed by atoms with Gasteiger partial charge in [0.2, 0.25) is 0 Å². The molecule has 2 saturated carbocycles. The van der Waals surface area contributed by atoms with E-state index in [2.05, 4.69) is 5.32 Å². The van der Waals surface area contributed by atoms with Crippen LogP contribution in [0.1, 0.15) is 44.1 Å².